The summed E-state index contributed by atoms with van der Waals surface area (Å²) in [6.07, 6.45) is 0. The molecule has 3 nitrogen and oxygen atoms in total. The van der Waals surface area contributed by atoms with Crippen molar-refractivity contribution in [3.8, 4) is 0 Å². The molecular weight excluding hydrogens is 305 g/mol. The first-order chi connectivity index (χ1) is 7.77. The van der Waals surface area contributed by atoms with Gasteiger partial charge in [0.2, 0.25) is 0 Å². The van der Waals surface area contributed by atoms with Gasteiger partial charge in [-0.2, -0.15) is 0 Å². The Morgan fingerprint density at radius 2 is 2.06 bits per heavy atom. The van der Waals surface area contributed by atoms with E-state index in [1.807, 2.05) is 0 Å². The van der Waals surface area contributed by atoms with E-state index in [4.69, 9.17) is 11.6 Å². The first-order valence-electron chi connectivity index (χ1n) is 5.13. The van der Waals surface area contributed by atoms with Crippen molar-refractivity contribution in [2.75, 3.05) is 13.7 Å². The quantitative estimate of drug-likeness (QED) is 0.930. The number of likely N-dealkylation sites (N-methyl/N-ethyl adjacent to an activating group) is 1. The number of hydrogen-bond acceptors (Lipinski definition) is 2. The summed E-state index contributed by atoms with van der Waals surface area (Å²) in [5.74, 6) is -0.174. The number of halogens is 2. The normalized spacial score (nSPS) is 11.4. The fraction of sp³-hybridized carbons (Fsp3) is 0.417. The highest BCUT2D eigenvalue weighted by atomic mass is 79.9. The van der Waals surface area contributed by atoms with Crippen molar-refractivity contribution in [1.29, 1.82) is 0 Å². The number of rotatable bonds is 3. The zero-order chi connectivity index (χ0) is 13.2. The summed E-state index contributed by atoms with van der Waals surface area (Å²) in [6.45, 7) is 3.49. The molecule has 1 amide bonds. The Kier molecular flexibility index (Phi) is 4.58. The van der Waals surface area contributed by atoms with Crippen LogP contribution in [-0.2, 0) is 0 Å². The van der Waals surface area contributed by atoms with Gasteiger partial charge in [0.25, 0.3) is 5.91 Å². The summed E-state index contributed by atoms with van der Waals surface area (Å²) in [6, 6.07) is 5.03. The van der Waals surface area contributed by atoms with Gasteiger partial charge in [0, 0.05) is 22.1 Å². The van der Waals surface area contributed by atoms with Crippen molar-refractivity contribution in [1.82, 2.24) is 4.90 Å². The third kappa shape index (κ3) is 3.44. The van der Waals surface area contributed by atoms with E-state index in [0.717, 1.165) is 4.47 Å². The Labute approximate surface area is 115 Å². The van der Waals surface area contributed by atoms with Gasteiger partial charge < -0.3 is 10.0 Å². The number of carbonyl (C=O) groups is 1. The minimum absolute atomic E-state index is 0.100. The van der Waals surface area contributed by atoms with Crippen molar-refractivity contribution in [2.45, 2.75) is 19.4 Å². The van der Waals surface area contributed by atoms with Gasteiger partial charge in [-0.3, -0.25) is 4.79 Å². The predicted octanol–water partition coefficient (Wildman–Crippen LogP) is 2.95. The number of carbonyl (C=O) groups excluding carboxylic acids is 1. The molecule has 94 valence electrons. The minimum atomic E-state index is -0.605. The number of aliphatic hydroxyl groups excluding tert-OH is 1. The van der Waals surface area contributed by atoms with E-state index < -0.39 is 5.54 Å². The second kappa shape index (κ2) is 5.38. The fourth-order valence-corrected chi connectivity index (χ4v) is 2.11. The van der Waals surface area contributed by atoms with Gasteiger partial charge in [-0.15, -0.1) is 0 Å². The standard InChI is InChI=1S/C12H15BrClNO2/c1-12(2,7-16)15(3)11(17)8-4-9(13)6-10(14)5-8/h4-6,16H,7H2,1-3H3. The molecule has 0 spiro atoms. The molecule has 5 heteroatoms. The topological polar surface area (TPSA) is 40.5 Å². The molecule has 0 fully saturated rings. The average Bonchev–Trinajstić information content (AvgIpc) is 2.25. The molecule has 0 unspecified atom stereocenters. The molecule has 0 saturated heterocycles. The highest BCUT2D eigenvalue weighted by Crippen LogP contribution is 2.22. The van der Waals surface area contributed by atoms with Gasteiger partial charge in [-0.1, -0.05) is 27.5 Å². The molecule has 0 atom stereocenters. The summed E-state index contributed by atoms with van der Waals surface area (Å²) in [4.78, 5) is 13.7. The van der Waals surface area contributed by atoms with Crippen LogP contribution in [0.25, 0.3) is 0 Å². The van der Waals surface area contributed by atoms with Crippen LogP contribution in [0.15, 0.2) is 22.7 Å². The maximum Gasteiger partial charge on any atom is 0.254 e. The van der Waals surface area contributed by atoms with E-state index in [0.29, 0.717) is 10.6 Å². The molecule has 0 aliphatic rings. The predicted molar refractivity (Wildman–Crippen MR) is 72.4 cm³/mol. The highest BCUT2D eigenvalue weighted by Gasteiger charge is 2.27. The molecule has 0 aliphatic heterocycles. The molecule has 1 aromatic carbocycles. The van der Waals surface area contributed by atoms with Crippen molar-refractivity contribution in [2.24, 2.45) is 0 Å². The van der Waals surface area contributed by atoms with E-state index in [1.165, 1.54) is 4.90 Å². The first kappa shape index (κ1) is 14.5. The van der Waals surface area contributed by atoms with Crippen LogP contribution >= 0.6 is 27.5 Å². The second-order valence-electron chi connectivity index (χ2n) is 4.49. The molecule has 1 rings (SSSR count). The zero-order valence-electron chi connectivity index (χ0n) is 10.00. The zero-order valence-corrected chi connectivity index (χ0v) is 12.3. The number of nitrogens with zero attached hydrogens (tertiary/aromatic N) is 1. The maximum atomic E-state index is 12.2. The van der Waals surface area contributed by atoms with Crippen LogP contribution < -0.4 is 0 Å². The maximum absolute atomic E-state index is 12.2. The van der Waals surface area contributed by atoms with Crippen molar-refractivity contribution in [3.05, 3.63) is 33.3 Å². The molecule has 1 N–H and O–H groups in total. The fourth-order valence-electron chi connectivity index (χ4n) is 1.25. The lowest BCUT2D eigenvalue weighted by Gasteiger charge is -2.34. The Bertz CT molecular complexity index is 414. The largest absolute Gasteiger partial charge is 0.394 e. The number of aliphatic hydroxyl groups is 1. The van der Waals surface area contributed by atoms with Gasteiger partial charge in [-0.05, 0) is 32.0 Å². The monoisotopic (exact) mass is 319 g/mol. The lowest BCUT2D eigenvalue weighted by molar-refractivity contribution is 0.0473. The molecule has 0 aromatic heterocycles. The molecule has 1 aromatic rings. The summed E-state index contributed by atoms with van der Waals surface area (Å²) < 4.78 is 0.753. The van der Waals surface area contributed by atoms with Crippen LogP contribution in [0.5, 0.6) is 0 Å². The molecule has 0 saturated carbocycles. The molecule has 17 heavy (non-hydrogen) atoms. The summed E-state index contributed by atoms with van der Waals surface area (Å²) in [5.41, 5.74) is -0.111. The van der Waals surface area contributed by atoms with E-state index >= 15 is 0 Å². The lowest BCUT2D eigenvalue weighted by atomic mass is 10.0. The SMILES string of the molecule is CN(C(=O)c1cc(Cl)cc(Br)c1)C(C)(C)CO. The van der Waals surface area contributed by atoms with Crippen molar-refractivity contribution in [3.63, 3.8) is 0 Å². The average molecular weight is 321 g/mol. The van der Waals surface area contributed by atoms with Crippen LogP contribution in [0.3, 0.4) is 0 Å². The molecular formula is C12H15BrClNO2. The van der Waals surface area contributed by atoms with Gasteiger partial charge in [0.1, 0.15) is 0 Å². The van der Waals surface area contributed by atoms with Crippen molar-refractivity contribution >= 4 is 33.4 Å². The Morgan fingerprint density at radius 1 is 1.47 bits per heavy atom. The summed E-state index contributed by atoms with van der Waals surface area (Å²) in [7, 11) is 1.66. The number of amides is 1. The van der Waals surface area contributed by atoms with Crippen LogP contribution in [0.2, 0.25) is 5.02 Å². The smallest absolute Gasteiger partial charge is 0.254 e. The molecule has 0 aliphatic carbocycles. The second-order valence-corrected chi connectivity index (χ2v) is 5.84. The third-order valence-electron chi connectivity index (χ3n) is 2.71. The van der Waals surface area contributed by atoms with Crippen LogP contribution in [-0.4, -0.2) is 35.1 Å². The van der Waals surface area contributed by atoms with E-state index in [2.05, 4.69) is 15.9 Å². The van der Waals surface area contributed by atoms with Gasteiger partial charge in [0.15, 0.2) is 0 Å². The van der Waals surface area contributed by atoms with Crippen molar-refractivity contribution < 1.29 is 9.90 Å². The van der Waals surface area contributed by atoms with E-state index in [-0.39, 0.29) is 12.5 Å². The molecule has 0 heterocycles. The Hall–Kier alpha value is -0.580. The van der Waals surface area contributed by atoms with E-state index in [9.17, 15) is 9.90 Å². The summed E-state index contributed by atoms with van der Waals surface area (Å²) >= 11 is 9.19. The number of benzene rings is 1. The third-order valence-corrected chi connectivity index (χ3v) is 3.39. The highest BCUT2D eigenvalue weighted by molar-refractivity contribution is 9.10. The van der Waals surface area contributed by atoms with Gasteiger partial charge in [0.05, 0.1) is 12.1 Å². The summed E-state index contributed by atoms with van der Waals surface area (Å²) in [5, 5.41) is 9.74. The Balaban J connectivity index is 3.04. The molecule has 0 bridgehead atoms. The lowest BCUT2D eigenvalue weighted by Crippen LogP contribution is -2.47. The van der Waals surface area contributed by atoms with Gasteiger partial charge in [-0.25, -0.2) is 0 Å². The van der Waals surface area contributed by atoms with Crippen LogP contribution in [0.4, 0.5) is 0 Å². The van der Waals surface area contributed by atoms with E-state index in [1.54, 1.807) is 39.1 Å². The Morgan fingerprint density at radius 3 is 2.53 bits per heavy atom. The first-order valence-corrected chi connectivity index (χ1v) is 6.30. The molecule has 0 radical (unpaired) electrons. The van der Waals surface area contributed by atoms with Crippen LogP contribution in [0, 0.1) is 0 Å². The minimum Gasteiger partial charge on any atom is -0.394 e. The van der Waals surface area contributed by atoms with Crippen LogP contribution in [0.1, 0.15) is 24.2 Å². The van der Waals surface area contributed by atoms with Gasteiger partial charge >= 0.3 is 0 Å². The number of hydrogen-bond donors (Lipinski definition) is 1.